The van der Waals surface area contributed by atoms with Gasteiger partial charge in [-0.25, -0.2) is 0 Å². The Balaban J connectivity index is 3.68. The number of hydrogen-bond donors (Lipinski definition) is 0. The minimum atomic E-state index is -1.76. The summed E-state index contributed by atoms with van der Waals surface area (Å²) in [6, 6.07) is 0. The van der Waals surface area contributed by atoms with Gasteiger partial charge in [-0.2, -0.15) is 0 Å². The normalized spacial score (nSPS) is 9.38. The van der Waals surface area contributed by atoms with Crippen molar-refractivity contribution in [2.45, 2.75) is 0 Å². The fraction of sp³-hybridized carbons (Fsp3) is 0.400. The van der Waals surface area contributed by atoms with Gasteiger partial charge in [-0.1, -0.05) is 0 Å². The number of halogens is 1. The number of hydrogen-bond acceptors (Lipinski definition) is 2. The van der Waals surface area contributed by atoms with E-state index in [4.69, 9.17) is 6.42 Å². The molecule has 0 saturated heterocycles. The Morgan fingerprint density at radius 2 is 2.38 bits per heavy atom. The second-order valence-electron chi connectivity index (χ2n) is 1.02. The van der Waals surface area contributed by atoms with Crippen LogP contribution in [0.5, 0.6) is 0 Å². The van der Waals surface area contributed by atoms with Gasteiger partial charge in [0.25, 0.3) is 0 Å². The van der Waals surface area contributed by atoms with Crippen LogP contribution in [-0.4, -0.2) is 16.0 Å². The van der Waals surface area contributed by atoms with Crippen LogP contribution in [0, 0.1) is 10.4 Å². The average Bonchev–Trinajstić information content (AvgIpc) is 1.84. The summed E-state index contributed by atoms with van der Waals surface area (Å²) in [5.41, 5.74) is 0. The Bertz CT molecular complexity index is 125. The number of carbonyl (C=O) groups is 1. The van der Waals surface area contributed by atoms with Crippen molar-refractivity contribution in [3.05, 3.63) is 0 Å². The molecule has 0 unspecified atom stereocenters. The SMILES string of the molecule is C#CI(C)C(=O)OC. The standard InChI is InChI=1S/C5H7IO2/c1-4-6(2)5(7)8-3/h1H,2-3H3. The summed E-state index contributed by atoms with van der Waals surface area (Å²) in [6.07, 6.45) is 4.97. The van der Waals surface area contributed by atoms with E-state index in [0.717, 1.165) is 0 Å². The van der Waals surface area contributed by atoms with Gasteiger partial charge in [0.1, 0.15) is 0 Å². The summed E-state index contributed by atoms with van der Waals surface area (Å²) in [4.78, 5) is 12.2. The van der Waals surface area contributed by atoms with Crippen molar-refractivity contribution in [3.63, 3.8) is 0 Å². The molecular weight excluding hydrogens is 219 g/mol. The zero-order valence-electron chi connectivity index (χ0n) is 4.77. The maximum absolute atomic E-state index is 10.4. The molecule has 0 rings (SSSR count). The monoisotopic (exact) mass is 226 g/mol. The number of ether oxygens (including phenoxy) is 1. The minimum absolute atomic E-state index is 0.197. The third-order valence-electron chi connectivity index (χ3n) is 0.556. The molecule has 0 atom stereocenters. The first-order valence-corrected chi connectivity index (χ1v) is 6.18. The molecule has 0 spiro atoms. The number of alkyl halides is 1. The molecule has 0 aliphatic rings. The zero-order chi connectivity index (χ0) is 6.57. The van der Waals surface area contributed by atoms with Crippen molar-refractivity contribution in [1.82, 2.24) is 0 Å². The first-order chi connectivity index (χ1) is 3.72. The summed E-state index contributed by atoms with van der Waals surface area (Å²) >= 11 is -1.76. The zero-order valence-corrected chi connectivity index (χ0v) is 6.93. The van der Waals surface area contributed by atoms with Gasteiger partial charge in [-0.15, -0.1) is 0 Å². The molecule has 46 valence electrons. The molecule has 0 fully saturated rings. The predicted octanol–water partition coefficient (Wildman–Crippen LogP) is 1.48. The Labute approximate surface area is 56.0 Å². The molecule has 0 aromatic heterocycles. The van der Waals surface area contributed by atoms with Gasteiger partial charge in [0.05, 0.1) is 0 Å². The van der Waals surface area contributed by atoms with E-state index >= 15 is 0 Å². The fourth-order valence-corrected chi connectivity index (χ4v) is 1.08. The molecule has 3 heteroatoms. The summed E-state index contributed by atoms with van der Waals surface area (Å²) in [5, 5.41) is 0. The van der Waals surface area contributed by atoms with Gasteiger partial charge in [-0.3, -0.25) is 0 Å². The molecule has 0 radical (unpaired) electrons. The van der Waals surface area contributed by atoms with Crippen LogP contribution in [0.4, 0.5) is 4.79 Å². The summed E-state index contributed by atoms with van der Waals surface area (Å²) < 4.78 is 6.59. The number of carbonyl (C=O) groups excluding carboxylic acids is 1. The molecule has 0 aromatic rings. The molecule has 0 N–H and O–H groups in total. The van der Waals surface area contributed by atoms with Gasteiger partial charge in [0, 0.05) is 0 Å². The van der Waals surface area contributed by atoms with Gasteiger partial charge in [0.15, 0.2) is 0 Å². The van der Waals surface area contributed by atoms with Crippen LogP contribution in [0.25, 0.3) is 0 Å². The predicted molar refractivity (Wildman–Crippen MR) is 41.2 cm³/mol. The van der Waals surface area contributed by atoms with E-state index in [2.05, 4.69) is 8.66 Å². The molecule has 0 amide bonds. The molecule has 0 saturated carbocycles. The van der Waals surface area contributed by atoms with Crippen molar-refractivity contribution in [1.29, 1.82) is 0 Å². The quantitative estimate of drug-likeness (QED) is 0.293. The van der Waals surface area contributed by atoms with Crippen molar-refractivity contribution >= 4 is 23.8 Å². The summed E-state index contributed by atoms with van der Waals surface area (Å²) in [5.74, 6) is 0. The Morgan fingerprint density at radius 1 is 1.88 bits per heavy atom. The van der Waals surface area contributed by atoms with Gasteiger partial charge >= 0.3 is 55.7 Å². The van der Waals surface area contributed by atoms with Crippen molar-refractivity contribution in [2.24, 2.45) is 0 Å². The molecule has 0 aliphatic heterocycles. The number of rotatable bonds is 1. The molecule has 0 bridgehead atoms. The molecule has 0 aromatic carbocycles. The van der Waals surface area contributed by atoms with E-state index < -0.39 is 19.8 Å². The second kappa shape index (κ2) is 3.72. The van der Waals surface area contributed by atoms with Crippen molar-refractivity contribution in [2.75, 3.05) is 12.0 Å². The van der Waals surface area contributed by atoms with Crippen molar-refractivity contribution < 1.29 is 9.53 Å². The molecule has 0 heterocycles. The van der Waals surface area contributed by atoms with E-state index in [1.807, 2.05) is 0 Å². The van der Waals surface area contributed by atoms with Crippen LogP contribution < -0.4 is 0 Å². The third kappa shape index (κ3) is 2.17. The van der Waals surface area contributed by atoms with E-state index in [1.54, 1.807) is 4.93 Å². The molecular formula is C5H7IO2. The summed E-state index contributed by atoms with van der Waals surface area (Å²) in [6.45, 7) is 0. The van der Waals surface area contributed by atoms with Crippen LogP contribution >= 0.6 is 19.8 Å². The Hall–Kier alpha value is -0.240. The van der Waals surface area contributed by atoms with E-state index in [-0.39, 0.29) is 3.98 Å². The Kier molecular flexibility index (Phi) is 3.61. The van der Waals surface area contributed by atoms with E-state index in [9.17, 15) is 4.79 Å². The van der Waals surface area contributed by atoms with E-state index in [1.165, 1.54) is 7.11 Å². The molecule has 8 heavy (non-hydrogen) atoms. The first-order valence-electron chi connectivity index (χ1n) is 1.86. The molecule has 0 aliphatic carbocycles. The topological polar surface area (TPSA) is 26.3 Å². The second-order valence-corrected chi connectivity index (χ2v) is 5.22. The third-order valence-corrected chi connectivity index (χ3v) is 3.25. The van der Waals surface area contributed by atoms with Crippen LogP contribution in [0.1, 0.15) is 0 Å². The first kappa shape index (κ1) is 7.76. The summed E-state index contributed by atoms with van der Waals surface area (Å²) in [7, 11) is 1.35. The van der Waals surface area contributed by atoms with Crippen molar-refractivity contribution in [3.8, 4) is 10.4 Å². The average molecular weight is 226 g/mol. The van der Waals surface area contributed by atoms with Crippen LogP contribution in [0.2, 0.25) is 0 Å². The van der Waals surface area contributed by atoms with Crippen LogP contribution in [0.15, 0.2) is 0 Å². The van der Waals surface area contributed by atoms with Crippen LogP contribution in [-0.2, 0) is 4.74 Å². The number of terminal acetylenes is 1. The van der Waals surface area contributed by atoms with Gasteiger partial charge in [0.2, 0.25) is 0 Å². The maximum atomic E-state index is 10.4. The van der Waals surface area contributed by atoms with Gasteiger partial charge < -0.3 is 0 Å². The molecule has 2 nitrogen and oxygen atoms in total. The van der Waals surface area contributed by atoms with E-state index in [0.29, 0.717) is 0 Å². The Morgan fingerprint density at radius 3 is 2.50 bits per heavy atom. The van der Waals surface area contributed by atoms with Crippen LogP contribution in [0.3, 0.4) is 0 Å². The fourth-order valence-electron chi connectivity index (χ4n) is 0.160. The number of methoxy groups -OCH3 is 1. The van der Waals surface area contributed by atoms with Gasteiger partial charge in [-0.05, 0) is 0 Å².